The fourth-order valence-corrected chi connectivity index (χ4v) is 6.86. The lowest BCUT2D eigenvalue weighted by atomic mass is 9.72. The van der Waals surface area contributed by atoms with E-state index >= 15 is 0 Å². The predicted molar refractivity (Wildman–Crippen MR) is 148 cm³/mol. The van der Waals surface area contributed by atoms with Gasteiger partial charge in [0.2, 0.25) is 0 Å². The highest BCUT2D eigenvalue weighted by atomic mass is 19.4. The summed E-state index contributed by atoms with van der Waals surface area (Å²) in [6.07, 6.45) is 8.50. The van der Waals surface area contributed by atoms with Crippen LogP contribution in [0.3, 0.4) is 0 Å². The molecule has 4 heterocycles. The molecule has 0 amide bonds. The number of aromatic nitrogens is 3. The first-order chi connectivity index (χ1) is 19.6. The van der Waals surface area contributed by atoms with Crippen LogP contribution in [-0.2, 0) is 7.05 Å². The van der Waals surface area contributed by atoms with Crippen molar-refractivity contribution in [1.82, 2.24) is 24.6 Å². The average molecular weight is 560 g/mol. The highest BCUT2D eigenvalue weighted by Gasteiger charge is 2.48. The van der Waals surface area contributed by atoms with E-state index in [1.165, 1.54) is 25.1 Å². The minimum absolute atomic E-state index is 0.0408. The van der Waals surface area contributed by atoms with Gasteiger partial charge in [-0.05, 0) is 85.4 Å². The van der Waals surface area contributed by atoms with Crippen LogP contribution >= 0.6 is 0 Å². The summed E-state index contributed by atoms with van der Waals surface area (Å²) in [5.41, 5.74) is 2.32. The zero-order valence-electron chi connectivity index (χ0n) is 23.0. The van der Waals surface area contributed by atoms with Crippen molar-refractivity contribution in [3.8, 4) is 6.07 Å². The summed E-state index contributed by atoms with van der Waals surface area (Å²) in [5.74, 6) is 1.50. The third-order valence-electron chi connectivity index (χ3n) is 9.51. The number of rotatable bonds is 6. The maximum Gasteiger partial charge on any atom is 0.418 e. The highest BCUT2D eigenvalue weighted by molar-refractivity contribution is 5.66. The molecule has 0 N–H and O–H groups in total. The Hall–Kier alpha value is -3.84. The summed E-state index contributed by atoms with van der Waals surface area (Å²) in [7, 11) is 1.91. The number of nitriles is 1. The molecular formula is C31H32F3N7. The maximum atomic E-state index is 14.4. The van der Waals surface area contributed by atoms with Gasteiger partial charge in [0.25, 0.3) is 0 Å². The van der Waals surface area contributed by atoms with Crippen LogP contribution in [0.25, 0.3) is 0 Å². The van der Waals surface area contributed by atoms with Gasteiger partial charge in [-0.3, -0.25) is 4.90 Å². The SMILES string of the molecule is C=C1N2C=C(CN3CCC4(CC4)C3)C=C(C(F)(F)F)C2=CN1c1cc(C#N)cc(C(c2nncn2C)C2CCC2)c1. The van der Waals surface area contributed by atoms with E-state index in [9.17, 15) is 18.4 Å². The van der Waals surface area contributed by atoms with Gasteiger partial charge in [0, 0.05) is 44.1 Å². The molecule has 212 valence electrons. The number of anilines is 1. The summed E-state index contributed by atoms with van der Waals surface area (Å²) in [6.45, 7) is 6.55. The van der Waals surface area contributed by atoms with Crippen molar-refractivity contribution in [3.63, 3.8) is 0 Å². The number of alkyl halides is 3. The minimum atomic E-state index is -4.53. The van der Waals surface area contributed by atoms with Gasteiger partial charge in [0.15, 0.2) is 0 Å². The lowest BCUT2D eigenvalue weighted by molar-refractivity contribution is -0.0909. The Kier molecular flexibility index (Phi) is 5.95. The number of hydrogen-bond donors (Lipinski definition) is 0. The summed E-state index contributed by atoms with van der Waals surface area (Å²) in [5, 5.41) is 18.4. The van der Waals surface area contributed by atoms with Gasteiger partial charge in [0.05, 0.1) is 22.9 Å². The molecule has 1 spiro atoms. The van der Waals surface area contributed by atoms with Gasteiger partial charge in [-0.25, -0.2) is 0 Å². The van der Waals surface area contributed by atoms with Crippen molar-refractivity contribution >= 4 is 5.69 Å². The van der Waals surface area contributed by atoms with E-state index in [0.717, 1.165) is 50.2 Å². The van der Waals surface area contributed by atoms with Crippen LogP contribution in [0.1, 0.15) is 61.4 Å². The van der Waals surface area contributed by atoms with E-state index in [0.29, 0.717) is 40.5 Å². The molecular weight excluding hydrogens is 527 g/mol. The molecule has 3 aliphatic heterocycles. The first-order valence-corrected chi connectivity index (χ1v) is 14.2. The molecule has 0 bridgehead atoms. The summed E-state index contributed by atoms with van der Waals surface area (Å²) >= 11 is 0. The van der Waals surface area contributed by atoms with Crippen molar-refractivity contribution in [3.05, 3.63) is 89.2 Å². The normalized spacial score (nSPS) is 22.7. The number of aryl methyl sites for hydroxylation is 1. The molecule has 7 rings (SSSR count). The predicted octanol–water partition coefficient (Wildman–Crippen LogP) is 5.93. The Labute approximate surface area is 237 Å². The van der Waals surface area contributed by atoms with E-state index in [2.05, 4.69) is 27.7 Å². The van der Waals surface area contributed by atoms with Crippen LogP contribution in [0.5, 0.6) is 0 Å². The van der Waals surface area contributed by atoms with E-state index in [1.54, 1.807) is 28.4 Å². The molecule has 10 heteroatoms. The molecule has 5 aliphatic rings. The number of nitrogens with zero attached hydrogens (tertiary/aromatic N) is 7. The van der Waals surface area contributed by atoms with Gasteiger partial charge in [0.1, 0.15) is 18.0 Å². The molecule has 1 saturated heterocycles. The van der Waals surface area contributed by atoms with E-state index in [1.807, 2.05) is 23.7 Å². The molecule has 41 heavy (non-hydrogen) atoms. The van der Waals surface area contributed by atoms with E-state index < -0.39 is 11.7 Å². The molecule has 1 atom stereocenters. The Morgan fingerprint density at radius 1 is 1.15 bits per heavy atom. The van der Waals surface area contributed by atoms with Gasteiger partial charge in [-0.2, -0.15) is 18.4 Å². The smallest absolute Gasteiger partial charge is 0.320 e. The van der Waals surface area contributed by atoms with Gasteiger partial charge < -0.3 is 14.4 Å². The third kappa shape index (κ3) is 4.56. The molecule has 1 aromatic heterocycles. The third-order valence-corrected chi connectivity index (χ3v) is 9.51. The van der Waals surface area contributed by atoms with E-state index in [-0.39, 0.29) is 11.6 Å². The zero-order valence-corrected chi connectivity index (χ0v) is 23.0. The van der Waals surface area contributed by atoms with Crippen LogP contribution < -0.4 is 4.90 Å². The monoisotopic (exact) mass is 559 g/mol. The maximum absolute atomic E-state index is 14.4. The standard InChI is InChI=1S/C31H32F3N7/c1-20-40(25-11-21(14-35)10-24(13-25)28(23-4-3-5-23)29-37-36-19-38(29)2)17-27-26(31(32,33)34)12-22(16-41(20)27)15-39-9-8-30(18-39)6-7-30/h10-13,16-17,19,23,28H,1,3-9,15,18H2,2H3. The summed E-state index contributed by atoms with van der Waals surface area (Å²) in [4.78, 5) is 5.48. The molecule has 2 aliphatic carbocycles. The second kappa shape index (κ2) is 9.35. The number of halogens is 3. The average Bonchev–Trinajstić information content (AvgIpc) is 3.18. The fourth-order valence-electron chi connectivity index (χ4n) is 6.86. The number of hydrogen-bond acceptors (Lipinski definition) is 6. The molecule has 3 fully saturated rings. The molecule has 1 unspecified atom stereocenters. The van der Waals surface area contributed by atoms with Crippen LogP contribution in [0.2, 0.25) is 0 Å². The molecule has 2 saturated carbocycles. The molecule has 1 aromatic carbocycles. The number of allylic oxidation sites excluding steroid dienone is 1. The lowest BCUT2D eigenvalue weighted by Gasteiger charge is -2.34. The van der Waals surface area contributed by atoms with Gasteiger partial charge >= 0.3 is 6.18 Å². The largest absolute Gasteiger partial charge is 0.418 e. The van der Waals surface area contributed by atoms with Gasteiger partial charge in [-0.15, -0.1) is 10.2 Å². The van der Waals surface area contributed by atoms with Crippen molar-refractivity contribution in [2.24, 2.45) is 18.4 Å². The van der Waals surface area contributed by atoms with Crippen LogP contribution in [0.4, 0.5) is 18.9 Å². The van der Waals surface area contributed by atoms with E-state index in [4.69, 9.17) is 0 Å². The number of fused-ring (bicyclic) bond motifs is 1. The quantitative estimate of drug-likeness (QED) is 0.438. The van der Waals surface area contributed by atoms with Crippen molar-refractivity contribution in [2.75, 3.05) is 24.5 Å². The lowest BCUT2D eigenvalue weighted by Crippen LogP contribution is -2.30. The second-order valence-corrected chi connectivity index (χ2v) is 12.3. The zero-order chi connectivity index (χ0) is 28.5. The number of benzene rings is 1. The Morgan fingerprint density at radius 2 is 1.95 bits per heavy atom. The molecule has 7 nitrogen and oxygen atoms in total. The molecule has 0 radical (unpaired) electrons. The minimum Gasteiger partial charge on any atom is -0.320 e. The van der Waals surface area contributed by atoms with Crippen molar-refractivity contribution < 1.29 is 13.2 Å². The topological polar surface area (TPSA) is 64.2 Å². The first-order valence-electron chi connectivity index (χ1n) is 14.2. The van der Waals surface area contributed by atoms with Crippen molar-refractivity contribution in [2.45, 2.75) is 50.6 Å². The van der Waals surface area contributed by atoms with Crippen LogP contribution in [-0.4, -0.2) is 50.4 Å². The summed E-state index contributed by atoms with van der Waals surface area (Å²) in [6, 6.07) is 7.78. The highest BCUT2D eigenvalue weighted by Crippen LogP contribution is 2.53. The Morgan fingerprint density at radius 3 is 2.56 bits per heavy atom. The summed E-state index contributed by atoms with van der Waals surface area (Å²) < 4.78 is 45.1. The van der Waals surface area contributed by atoms with Gasteiger partial charge in [-0.1, -0.05) is 13.0 Å². The fraction of sp³-hybridized carbons (Fsp3) is 0.452. The Bertz CT molecular complexity index is 1550. The van der Waals surface area contributed by atoms with Crippen molar-refractivity contribution in [1.29, 1.82) is 5.26 Å². The van der Waals surface area contributed by atoms with Crippen LogP contribution in [0, 0.1) is 22.7 Å². The molecule has 2 aromatic rings. The second-order valence-electron chi connectivity index (χ2n) is 12.3. The first kappa shape index (κ1) is 26.1. The Balaban J connectivity index is 1.24. The van der Waals surface area contributed by atoms with Crippen LogP contribution in [0.15, 0.2) is 72.2 Å². The number of likely N-dealkylation sites (tertiary alicyclic amines) is 1.